The molecule has 0 radical (unpaired) electrons. The first kappa shape index (κ1) is 14.1. The van der Waals surface area contributed by atoms with Crippen LogP contribution >= 0.6 is 11.6 Å². The van der Waals surface area contributed by atoms with E-state index < -0.39 is 0 Å². The topological polar surface area (TPSA) is 49.6 Å². The first-order chi connectivity index (χ1) is 9.00. The molecule has 1 heterocycles. The Labute approximate surface area is 117 Å². The fourth-order valence-electron chi connectivity index (χ4n) is 2.43. The number of benzene rings is 1. The number of nitro benzene ring substituents is 1. The molecule has 0 bridgehead atoms. The van der Waals surface area contributed by atoms with E-state index in [1.807, 2.05) is 4.90 Å². The smallest absolute Gasteiger partial charge is 0.294 e. The molecular formula is C13H18ClN3O2. The Hall–Kier alpha value is -1.33. The second-order valence-corrected chi connectivity index (χ2v) is 5.39. The van der Waals surface area contributed by atoms with Crippen molar-refractivity contribution in [2.24, 2.45) is 0 Å². The molecule has 5 nitrogen and oxygen atoms in total. The maximum atomic E-state index is 11.1. The summed E-state index contributed by atoms with van der Waals surface area (Å²) in [6.07, 6.45) is 0. The van der Waals surface area contributed by atoms with E-state index in [-0.39, 0.29) is 10.6 Å². The Morgan fingerprint density at radius 3 is 2.42 bits per heavy atom. The van der Waals surface area contributed by atoms with Gasteiger partial charge in [-0.05, 0) is 19.9 Å². The normalized spacial score (nSPS) is 16.9. The summed E-state index contributed by atoms with van der Waals surface area (Å²) in [6.45, 7) is 7.66. The number of para-hydroxylation sites is 1. The Bertz CT molecular complexity index is 471. The molecule has 1 aromatic rings. The van der Waals surface area contributed by atoms with Gasteiger partial charge in [-0.1, -0.05) is 17.7 Å². The standard InChI is InChI=1S/C13H18ClN3O2/c1-10(2)15-6-8-16(9-7-15)13-11(14)4-3-5-12(13)17(18)19/h3-5,10H,6-9H2,1-2H3. The van der Waals surface area contributed by atoms with Crippen LogP contribution < -0.4 is 4.90 Å². The van der Waals surface area contributed by atoms with Gasteiger partial charge in [-0.3, -0.25) is 15.0 Å². The second-order valence-electron chi connectivity index (χ2n) is 4.98. The van der Waals surface area contributed by atoms with Crippen molar-refractivity contribution in [2.75, 3.05) is 31.1 Å². The lowest BCUT2D eigenvalue weighted by Crippen LogP contribution is -2.49. The zero-order valence-electron chi connectivity index (χ0n) is 11.2. The average molecular weight is 284 g/mol. The van der Waals surface area contributed by atoms with Crippen LogP contribution in [0.25, 0.3) is 0 Å². The highest BCUT2D eigenvalue weighted by molar-refractivity contribution is 6.33. The van der Waals surface area contributed by atoms with E-state index in [4.69, 9.17) is 11.6 Å². The number of nitro groups is 1. The van der Waals surface area contributed by atoms with Crippen LogP contribution in [-0.4, -0.2) is 42.0 Å². The lowest BCUT2D eigenvalue weighted by Gasteiger charge is -2.38. The van der Waals surface area contributed by atoms with Gasteiger partial charge in [0.05, 0.1) is 9.95 Å². The van der Waals surface area contributed by atoms with E-state index in [0.29, 0.717) is 16.8 Å². The molecule has 6 heteroatoms. The minimum Gasteiger partial charge on any atom is -0.362 e. The lowest BCUT2D eigenvalue weighted by molar-refractivity contribution is -0.384. The maximum Gasteiger partial charge on any atom is 0.294 e. The lowest BCUT2D eigenvalue weighted by atomic mass is 10.2. The zero-order chi connectivity index (χ0) is 14.0. The molecule has 0 unspecified atom stereocenters. The van der Waals surface area contributed by atoms with Crippen LogP contribution in [0.2, 0.25) is 5.02 Å². The van der Waals surface area contributed by atoms with Crippen LogP contribution in [0.15, 0.2) is 18.2 Å². The first-order valence-corrected chi connectivity index (χ1v) is 6.80. The number of nitrogens with zero attached hydrogens (tertiary/aromatic N) is 3. The number of rotatable bonds is 3. The van der Waals surface area contributed by atoms with Crippen LogP contribution in [0.4, 0.5) is 11.4 Å². The third-order valence-corrected chi connectivity index (χ3v) is 3.83. The van der Waals surface area contributed by atoms with E-state index in [1.165, 1.54) is 6.07 Å². The Morgan fingerprint density at radius 2 is 1.89 bits per heavy atom. The summed E-state index contributed by atoms with van der Waals surface area (Å²) in [5.74, 6) is 0. The Morgan fingerprint density at radius 1 is 1.26 bits per heavy atom. The third kappa shape index (κ3) is 2.98. The fourth-order valence-corrected chi connectivity index (χ4v) is 2.72. The van der Waals surface area contributed by atoms with Crippen LogP contribution in [0.3, 0.4) is 0 Å². The maximum absolute atomic E-state index is 11.1. The average Bonchev–Trinajstić information content (AvgIpc) is 2.38. The minimum absolute atomic E-state index is 0.0884. The van der Waals surface area contributed by atoms with Crippen molar-refractivity contribution in [3.63, 3.8) is 0 Å². The molecule has 0 aromatic heterocycles. The predicted molar refractivity (Wildman–Crippen MR) is 77.0 cm³/mol. The largest absolute Gasteiger partial charge is 0.362 e. The van der Waals surface area contributed by atoms with Gasteiger partial charge in [0.1, 0.15) is 5.69 Å². The molecule has 0 saturated carbocycles. The minimum atomic E-state index is -0.365. The molecule has 0 atom stereocenters. The van der Waals surface area contributed by atoms with Crippen molar-refractivity contribution in [2.45, 2.75) is 19.9 Å². The highest BCUT2D eigenvalue weighted by Crippen LogP contribution is 2.35. The first-order valence-electron chi connectivity index (χ1n) is 6.42. The van der Waals surface area contributed by atoms with Gasteiger partial charge in [0.15, 0.2) is 0 Å². The number of piperazine rings is 1. The van der Waals surface area contributed by atoms with Crippen LogP contribution in [0.5, 0.6) is 0 Å². The second kappa shape index (κ2) is 5.75. The fraction of sp³-hybridized carbons (Fsp3) is 0.538. The number of hydrogen-bond donors (Lipinski definition) is 0. The van der Waals surface area contributed by atoms with Gasteiger partial charge in [-0.2, -0.15) is 0 Å². The van der Waals surface area contributed by atoms with E-state index >= 15 is 0 Å². The molecule has 0 spiro atoms. The summed E-state index contributed by atoms with van der Waals surface area (Å²) in [5, 5.41) is 11.6. The Balaban J connectivity index is 2.22. The molecule has 1 aromatic carbocycles. The highest BCUT2D eigenvalue weighted by atomic mass is 35.5. The summed E-state index contributed by atoms with van der Waals surface area (Å²) >= 11 is 6.15. The summed E-state index contributed by atoms with van der Waals surface area (Å²) in [7, 11) is 0. The number of hydrogen-bond acceptors (Lipinski definition) is 4. The highest BCUT2D eigenvalue weighted by Gasteiger charge is 2.26. The summed E-state index contributed by atoms with van der Waals surface area (Å²) in [6, 6.07) is 5.34. The summed E-state index contributed by atoms with van der Waals surface area (Å²) in [4.78, 5) is 15.1. The molecule has 0 amide bonds. The molecule has 1 aliphatic rings. The third-order valence-electron chi connectivity index (χ3n) is 3.52. The zero-order valence-corrected chi connectivity index (χ0v) is 11.9. The molecule has 1 aliphatic heterocycles. The van der Waals surface area contributed by atoms with E-state index in [9.17, 15) is 10.1 Å². The van der Waals surface area contributed by atoms with Crippen molar-refractivity contribution < 1.29 is 4.92 Å². The van der Waals surface area contributed by atoms with Gasteiger partial charge < -0.3 is 4.90 Å². The van der Waals surface area contributed by atoms with Gasteiger partial charge in [-0.25, -0.2) is 0 Å². The molecule has 104 valence electrons. The SMILES string of the molecule is CC(C)N1CCN(c2c(Cl)cccc2[N+](=O)[O-])CC1. The molecule has 0 N–H and O–H groups in total. The monoisotopic (exact) mass is 283 g/mol. The number of halogens is 1. The predicted octanol–water partition coefficient (Wildman–Crippen LogP) is 2.78. The molecule has 19 heavy (non-hydrogen) atoms. The number of anilines is 1. The summed E-state index contributed by atoms with van der Waals surface area (Å²) in [5.41, 5.74) is 0.642. The van der Waals surface area contributed by atoms with Crippen molar-refractivity contribution in [1.82, 2.24) is 4.90 Å². The quantitative estimate of drug-likeness (QED) is 0.632. The van der Waals surface area contributed by atoms with Crippen LogP contribution in [-0.2, 0) is 0 Å². The van der Waals surface area contributed by atoms with E-state index in [1.54, 1.807) is 12.1 Å². The van der Waals surface area contributed by atoms with Crippen LogP contribution in [0, 0.1) is 10.1 Å². The van der Waals surface area contributed by atoms with Gasteiger partial charge in [0.25, 0.3) is 5.69 Å². The molecular weight excluding hydrogens is 266 g/mol. The molecule has 1 fully saturated rings. The van der Waals surface area contributed by atoms with E-state index in [0.717, 1.165) is 26.2 Å². The van der Waals surface area contributed by atoms with Crippen molar-refractivity contribution in [3.05, 3.63) is 33.3 Å². The Kier molecular flexibility index (Phi) is 4.27. The van der Waals surface area contributed by atoms with Crippen molar-refractivity contribution in [3.8, 4) is 0 Å². The van der Waals surface area contributed by atoms with E-state index in [2.05, 4.69) is 18.7 Å². The van der Waals surface area contributed by atoms with Crippen LogP contribution in [0.1, 0.15) is 13.8 Å². The van der Waals surface area contributed by atoms with Crippen molar-refractivity contribution >= 4 is 23.0 Å². The molecule has 2 rings (SSSR count). The van der Waals surface area contributed by atoms with Gasteiger partial charge in [0, 0.05) is 38.3 Å². The molecule has 0 aliphatic carbocycles. The molecule has 1 saturated heterocycles. The van der Waals surface area contributed by atoms with Gasteiger partial charge in [-0.15, -0.1) is 0 Å². The van der Waals surface area contributed by atoms with Crippen molar-refractivity contribution in [1.29, 1.82) is 0 Å². The summed E-state index contributed by atoms with van der Waals surface area (Å²) < 4.78 is 0. The van der Waals surface area contributed by atoms with Gasteiger partial charge in [0.2, 0.25) is 0 Å². The van der Waals surface area contributed by atoms with Gasteiger partial charge >= 0.3 is 0 Å².